The van der Waals surface area contributed by atoms with Gasteiger partial charge in [-0.15, -0.1) is 0 Å². The summed E-state index contributed by atoms with van der Waals surface area (Å²) in [4.78, 5) is 22.3. The molecule has 0 aromatic carbocycles. The molecule has 0 bridgehead atoms. The molecule has 0 fully saturated rings. The number of nitrogens with one attached hydrogen (secondary N) is 2. The number of aryl methyl sites for hydroxylation is 1. The Balaban J connectivity index is 2.13. The molecule has 2 rings (SSSR count). The third-order valence-electron chi connectivity index (χ3n) is 2.18. The highest BCUT2D eigenvalue weighted by molar-refractivity contribution is 14.1. The lowest BCUT2D eigenvalue weighted by atomic mass is 10.3. The van der Waals surface area contributed by atoms with Crippen LogP contribution >= 0.6 is 22.6 Å². The fourth-order valence-electron chi connectivity index (χ4n) is 1.38. The van der Waals surface area contributed by atoms with Gasteiger partial charge in [-0.25, -0.2) is 4.98 Å². The molecule has 0 spiro atoms. The molecule has 0 radical (unpaired) electrons. The average Bonchev–Trinajstić information content (AvgIpc) is 2.31. The second-order valence-electron chi connectivity index (χ2n) is 3.52. The molecule has 0 unspecified atom stereocenters. The lowest BCUT2D eigenvalue weighted by molar-refractivity contribution is 0.987. The van der Waals surface area contributed by atoms with Crippen molar-refractivity contribution in [2.24, 2.45) is 0 Å². The molecule has 2 aromatic rings. The molecule has 0 aliphatic rings. The number of aromatic amines is 1. The summed E-state index contributed by atoms with van der Waals surface area (Å²) in [6.07, 6.45) is 1.39. The lowest BCUT2D eigenvalue weighted by Crippen LogP contribution is -2.15. The van der Waals surface area contributed by atoms with Crippen molar-refractivity contribution in [3.8, 4) is 0 Å². The largest absolute Gasteiger partial charge is 0.363 e. The zero-order chi connectivity index (χ0) is 12.3. The van der Waals surface area contributed by atoms with E-state index in [4.69, 9.17) is 0 Å². The topological polar surface area (TPSA) is 70.7 Å². The van der Waals surface area contributed by atoms with Crippen LogP contribution in [0.5, 0.6) is 0 Å². The Hall–Kier alpha value is -1.44. The number of nitrogens with zero attached hydrogens (tertiary/aromatic N) is 2. The molecule has 0 saturated heterocycles. The number of anilines is 1. The fourth-order valence-corrected chi connectivity index (χ4v) is 1.86. The Bertz CT molecular complexity index is 582. The van der Waals surface area contributed by atoms with E-state index < -0.39 is 0 Å². The number of halogens is 1. The fraction of sp³-hybridized carbons (Fsp3) is 0.182. The maximum Gasteiger partial charge on any atom is 0.266 e. The molecule has 2 N–H and O–H groups in total. The van der Waals surface area contributed by atoms with E-state index in [2.05, 4.69) is 20.3 Å². The van der Waals surface area contributed by atoms with E-state index in [1.165, 1.54) is 6.33 Å². The molecule has 0 amide bonds. The van der Waals surface area contributed by atoms with Gasteiger partial charge in [0, 0.05) is 5.69 Å². The summed E-state index contributed by atoms with van der Waals surface area (Å²) in [5.41, 5.74) is 1.75. The van der Waals surface area contributed by atoms with Gasteiger partial charge >= 0.3 is 0 Å². The number of pyridine rings is 1. The first-order chi connectivity index (χ1) is 8.16. The third kappa shape index (κ3) is 3.02. The Morgan fingerprint density at radius 1 is 1.47 bits per heavy atom. The molecule has 6 heteroatoms. The summed E-state index contributed by atoms with van der Waals surface area (Å²) in [7, 11) is 0. The maximum atomic E-state index is 11.3. The van der Waals surface area contributed by atoms with Crippen LogP contribution in [-0.2, 0) is 6.54 Å². The Labute approximate surface area is 112 Å². The summed E-state index contributed by atoms with van der Waals surface area (Å²) >= 11 is 1.97. The zero-order valence-electron chi connectivity index (χ0n) is 9.20. The molecule has 88 valence electrons. The van der Waals surface area contributed by atoms with Crippen LogP contribution in [0.25, 0.3) is 0 Å². The number of aromatic nitrogens is 3. The highest BCUT2D eigenvalue weighted by atomic mass is 127. The average molecular weight is 342 g/mol. The van der Waals surface area contributed by atoms with Gasteiger partial charge in [-0.1, -0.05) is 6.07 Å². The number of rotatable bonds is 3. The van der Waals surface area contributed by atoms with Crippen molar-refractivity contribution in [3.63, 3.8) is 0 Å². The van der Waals surface area contributed by atoms with Gasteiger partial charge in [-0.3, -0.25) is 9.78 Å². The van der Waals surface area contributed by atoms with E-state index in [9.17, 15) is 4.79 Å². The van der Waals surface area contributed by atoms with Crippen molar-refractivity contribution in [3.05, 3.63) is 49.8 Å². The molecule has 0 aliphatic carbocycles. The van der Waals surface area contributed by atoms with Gasteiger partial charge in [-0.05, 0) is 41.6 Å². The molecule has 17 heavy (non-hydrogen) atoms. The van der Waals surface area contributed by atoms with Crippen molar-refractivity contribution in [1.82, 2.24) is 15.0 Å². The van der Waals surface area contributed by atoms with Crippen molar-refractivity contribution in [2.75, 3.05) is 5.32 Å². The number of hydrogen-bond acceptors (Lipinski definition) is 4. The van der Waals surface area contributed by atoms with Gasteiger partial charge < -0.3 is 10.3 Å². The summed E-state index contributed by atoms with van der Waals surface area (Å²) in [6.45, 7) is 2.49. The quantitative estimate of drug-likeness (QED) is 0.833. The predicted octanol–water partition coefficient (Wildman–Crippen LogP) is 1.69. The molecule has 2 aromatic heterocycles. The van der Waals surface area contributed by atoms with Crippen LogP contribution in [0.4, 0.5) is 5.82 Å². The summed E-state index contributed by atoms with van der Waals surface area (Å²) in [5.74, 6) is 0.581. The SMILES string of the molecule is Cc1cccc(CNc2nc[nH]c(=O)c2I)n1. The van der Waals surface area contributed by atoms with Gasteiger partial charge in [0.25, 0.3) is 5.56 Å². The predicted molar refractivity (Wildman–Crippen MR) is 73.9 cm³/mol. The van der Waals surface area contributed by atoms with Crippen LogP contribution in [0.15, 0.2) is 29.3 Å². The Morgan fingerprint density at radius 3 is 3.06 bits per heavy atom. The van der Waals surface area contributed by atoms with Crippen molar-refractivity contribution in [2.45, 2.75) is 13.5 Å². The normalized spacial score (nSPS) is 10.2. The van der Waals surface area contributed by atoms with Crippen LogP contribution in [-0.4, -0.2) is 15.0 Å². The minimum atomic E-state index is -0.139. The summed E-state index contributed by atoms with van der Waals surface area (Å²) < 4.78 is 0.553. The monoisotopic (exact) mass is 342 g/mol. The molecule has 0 saturated carbocycles. The molecular formula is C11H11IN4O. The maximum absolute atomic E-state index is 11.3. The zero-order valence-corrected chi connectivity index (χ0v) is 11.4. The van der Waals surface area contributed by atoms with E-state index in [1.54, 1.807) is 0 Å². The van der Waals surface area contributed by atoms with Crippen LogP contribution in [0.3, 0.4) is 0 Å². The van der Waals surface area contributed by atoms with Gasteiger partial charge in [0.05, 0.1) is 18.6 Å². The van der Waals surface area contributed by atoms with Gasteiger partial charge in [0.1, 0.15) is 9.39 Å². The number of H-pyrrole nitrogens is 1. The van der Waals surface area contributed by atoms with Crippen LogP contribution in [0.2, 0.25) is 0 Å². The van der Waals surface area contributed by atoms with E-state index in [-0.39, 0.29) is 5.56 Å². The van der Waals surface area contributed by atoms with Gasteiger partial charge in [0.2, 0.25) is 0 Å². The van der Waals surface area contributed by atoms with E-state index >= 15 is 0 Å². The lowest BCUT2D eigenvalue weighted by Gasteiger charge is -2.06. The highest BCUT2D eigenvalue weighted by Gasteiger charge is 2.04. The second kappa shape index (κ2) is 5.26. The summed E-state index contributed by atoms with van der Waals surface area (Å²) in [5, 5.41) is 3.10. The van der Waals surface area contributed by atoms with Crippen molar-refractivity contribution >= 4 is 28.4 Å². The van der Waals surface area contributed by atoms with Crippen molar-refractivity contribution in [1.29, 1.82) is 0 Å². The third-order valence-corrected chi connectivity index (χ3v) is 3.18. The molecule has 2 heterocycles. The smallest absolute Gasteiger partial charge is 0.266 e. The minimum absolute atomic E-state index is 0.139. The van der Waals surface area contributed by atoms with Crippen LogP contribution in [0.1, 0.15) is 11.4 Å². The van der Waals surface area contributed by atoms with E-state index in [0.717, 1.165) is 11.4 Å². The minimum Gasteiger partial charge on any atom is -0.363 e. The Morgan fingerprint density at radius 2 is 2.29 bits per heavy atom. The first-order valence-corrected chi connectivity index (χ1v) is 6.14. The number of hydrogen-bond donors (Lipinski definition) is 2. The first-order valence-electron chi connectivity index (χ1n) is 5.06. The molecule has 0 atom stereocenters. The highest BCUT2D eigenvalue weighted by Crippen LogP contribution is 2.10. The van der Waals surface area contributed by atoms with E-state index in [0.29, 0.717) is 15.9 Å². The Kier molecular flexibility index (Phi) is 3.72. The molecule has 0 aliphatic heterocycles. The van der Waals surface area contributed by atoms with Gasteiger partial charge in [-0.2, -0.15) is 0 Å². The van der Waals surface area contributed by atoms with Gasteiger partial charge in [0.15, 0.2) is 0 Å². The second-order valence-corrected chi connectivity index (χ2v) is 4.60. The first kappa shape index (κ1) is 12.0. The molecular weight excluding hydrogens is 331 g/mol. The molecule has 5 nitrogen and oxygen atoms in total. The van der Waals surface area contributed by atoms with Crippen LogP contribution in [0, 0.1) is 10.5 Å². The van der Waals surface area contributed by atoms with Crippen molar-refractivity contribution < 1.29 is 0 Å². The van der Waals surface area contributed by atoms with Crippen LogP contribution < -0.4 is 10.9 Å². The van der Waals surface area contributed by atoms with E-state index in [1.807, 2.05) is 47.7 Å². The summed E-state index contributed by atoms with van der Waals surface area (Å²) in [6, 6.07) is 5.83. The standard InChI is InChI=1S/C11H11IN4O/c1-7-3-2-4-8(16-7)5-13-10-9(12)11(17)15-6-14-10/h2-4,6H,5H2,1H3,(H2,13,14,15,17).